The third-order valence-electron chi connectivity index (χ3n) is 2.89. The van der Waals surface area contributed by atoms with Crippen molar-refractivity contribution in [2.45, 2.75) is 67.7 Å². The van der Waals surface area contributed by atoms with Crippen molar-refractivity contribution in [3.8, 4) is 0 Å². The maximum Gasteiger partial charge on any atom is 0.0212 e. The Bertz CT molecular complexity index is 241. The Labute approximate surface area is 117 Å². The maximum atomic E-state index is 3.43. The van der Waals surface area contributed by atoms with Gasteiger partial charge in [-0.2, -0.15) is 0 Å². The second kappa shape index (κ2) is 6.41. The first-order chi connectivity index (χ1) is 7.47. The van der Waals surface area contributed by atoms with E-state index in [0.29, 0.717) is 16.2 Å². The van der Waals surface area contributed by atoms with E-state index in [9.17, 15) is 0 Å². The summed E-state index contributed by atoms with van der Waals surface area (Å²) in [5.74, 6) is 0. The van der Waals surface area contributed by atoms with Crippen LogP contribution in [0.2, 0.25) is 0 Å². The van der Waals surface area contributed by atoms with Crippen molar-refractivity contribution in [2.24, 2.45) is 16.2 Å². The van der Waals surface area contributed by atoms with Gasteiger partial charge in [0.15, 0.2) is 0 Å². The lowest BCUT2D eigenvalue weighted by atomic mass is 9.67. The van der Waals surface area contributed by atoms with Gasteiger partial charge in [-0.05, 0) is 35.5 Å². The fourth-order valence-electron chi connectivity index (χ4n) is 3.33. The summed E-state index contributed by atoms with van der Waals surface area (Å²) in [5, 5.41) is 0.967. The average molecular weight is 303 g/mol. The summed E-state index contributed by atoms with van der Waals surface area (Å²) >= 11 is 3.43. The van der Waals surface area contributed by atoms with Crippen LogP contribution >= 0.6 is 15.9 Å². The van der Waals surface area contributed by atoms with E-state index in [0.717, 1.165) is 5.33 Å². The van der Waals surface area contributed by atoms with Crippen molar-refractivity contribution in [2.75, 3.05) is 5.33 Å². The summed E-state index contributed by atoms with van der Waals surface area (Å²) in [4.78, 5) is 0. The molecule has 0 spiro atoms. The molecule has 0 aromatic heterocycles. The summed E-state index contributed by atoms with van der Waals surface area (Å²) in [6, 6.07) is 0. The van der Waals surface area contributed by atoms with Gasteiger partial charge in [0.1, 0.15) is 0 Å². The molecule has 0 unspecified atom stereocenters. The number of rotatable bonds is 6. The fourth-order valence-corrected chi connectivity index (χ4v) is 3.60. The normalized spacial score (nSPS) is 14.6. The van der Waals surface area contributed by atoms with Gasteiger partial charge >= 0.3 is 0 Å². The molecule has 0 saturated carbocycles. The molecule has 0 fully saturated rings. The van der Waals surface area contributed by atoms with Gasteiger partial charge in [0.2, 0.25) is 0 Å². The summed E-state index contributed by atoms with van der Waals surface area (Å²) in [6.45, 7) is 16.6. The van der Waals surface area contributed by atoms with E-state index < -0.39 is 0 Å². The molecule has 0 radical (unpaired) electrons. The van der Waals surface area contributed by atoms with Crippen LogP contribution in [0, 0.1) is 16.2 Å². The maximum absolute atomic E-state index is 3.43. The third-order valence-corrected chi connectivity index (χ3v) is 3.27. The topological polar surface area (TPSA) is 0 Å². The van der Waals surface area contributed by atoms with E-state index in [1.165, 1.54) is 19.3 Å². The number of hydrogen-bond acceptors (Lipinski definition) is 0. The van der Waals surface area contributed by atoms with Crippen LogP contribution in [0.1, 0.15) is 67.7 Å². The zero-order valence-electron chi connectivity index (χ0n) is 12.9. The van der Waals surface area contributed by atoms with E-state index in [1.807, 2.05) is 0 Å². The van der Waals surface area contributed by atoms with Crippen LogP contribution < -0.4 is 0 Å². The first kappa shape index (κ1) is 17.2. The van der Waals surface area contributed by atoms with Crippen LogP contribution in [-0.2, 0) is 0 Å². The molecule has 0 aromatic carbocycles. The molecule has 0 aliphatic rings. The Morgan fingerprint density at radius 1 is 0.765 bits per heavy atom. The van der Waals surface area contributed by atoms with Crippen LogP contribution in [0.15, 0.2) is 12.2 Å². The highest BCUT2D eigenvalue weighted by Crippen LogP contribution is 2.43. The van der Waals surface area contributed by atoms with Crippen molar-refractivity contribution < 1.29 is 0 Å². The van der Waals surface area contributed by atoms with E-state index in [2.05, 4.69) is 76.5 Å². The highest BCUT2D eigenvalue weighted by Gasteiger charge is 2.31. The number of allylic oxidation sites excluding steroid dienone is 2. The molecule has 0 aliphatic heterocycles. The summed E-state index contributed by atoms with van der Waals surface area (Å²) in [6.07, 6.45) is 8.25. The molecule has 1 heteroatoms. The van der Waals surface area contributed by atoms with Gasteiger partial charge in [0, 0.05) is 5.33 Å². The number of halogens is 1. The van der Waals surface area contributed by atoms with E-state index in [4.69, 9.17) is 0 Å². The predicted octanol–water partition coefficient (Wildman–Crippen LogP) is 6.21. The van der Waals surface area contributed by atoms with Crippen molar-refractivity contribution in [3.05, 3.63) is 12.2 Å². The lowest BCUT2D eigenvalue weighted by molar-refractivity contribution is 0.134. The van der Waals surface area contributed by atoms with Crippen LogP contribution in [0.5, 0.6) is 0 Å². The largest absolute Gasteiger partial charge is 0.0883 e. The second-order valence-corrected chi connectivity index (χ2v) is 8.72. The molecule has 0 atom stereocenters. The van der Waals surface area contributed by atoms with Crippen molar-refractivity contribution in [3.63, 3.8) is 0 Å². The Morgan fingerprint density at radius 2 is 1.29 bits per heavy atom. The van der Waals surface area contributed by atoms with Gasteiger partial charge < -0.3 is 0 Å². The van der Waals surface area contributed by atoms with Gasteiger partial charge in [0.05, 0.1) is 0 Å². The molecule has 17 heavy (non-hydrogen) atoms. The Kier molecular flexibility index (Phi) is 6.49. The van der Waals surface area contributed by atoms with Crippen molar-refractivity contribution in [1.29, 1.82) is 0 Å². The summed E-state index contributed by atoms with van der Waals surface area (Å²) in [7, 11) is 0. The monoisotopic (exact) mass is 302 g/mol. The van der Waals surface area contributed by atoms with Gasteiger partial charge in [-0.1, -0.05) is 76.5 Å². The molecule has 0 aliphatic carbocycles. The van der Waals surface area contributed by atoms with E-state index >= 15 is 0 Å². The first-order valence-electron chi connectivity index (χ1n) is 6.68. The number of hydrogen-bond donors (Lipinski definition) is 0. The van der Waals surface area contributed by atoms with E-state index in [1.54, 1.807) is 0 Å². The summed E-state index contributed by atoms with van der Waals surface area (Å²) < 4.78 is 0. The zero-order chi connectivity index (χ0) is 13.7. The minimum Gasteiger partial charge on any atom is -0.0883 e. The van der Waals surface area contributed by atoms with Crippen LogP contribution in [0.4, 0.5) is 0 Å². The molecule has 0 nitrogen and oxygen atoms in total. The van der Waals surface area contributed by atoms with Gasteiger partial charge in [-0.15, -0.1) is 0 Å². The number of alkyl halides is 1. The van der Waals surface area contributed by atoms with Crippen molar-refractivity contribution >= 4 is 15.9 Å². The molecule has 0 heterocycles. The van der Waals surface area contributed by atoms with Crippen LogP contribution in [0.3, 0.4) is 0 Å². The molecule has 0 saturated heterocycles. The van der Waals surface area contributed by atoms with Crippen LogP contribution in [-0.4, -0.2) is 5.33 Å². The quantitative estimate of drug-likeness (QED) is 0.404. The van der Waals surface area contributed by atoms with Gasteiger partial charge in [-0.3, -0.25) is 0 Å². The zero-order valence-corrected chi connectivity index (χ0v) is 14.4. The average Bonchev–Trinajstić information content (AvgIpc) is 1.96. The molecule has 0 rings (SSSR count). The van der Waals surface area contributed by atoms with Gasteiger partial charge in [-0.25, -0.2) is 0 Å². The Morgan fingerprint density at radius 3 is 1.71 bits per heavy atom. The minimum absolute atomic E-state index is 0.396. The lowest BCUT2D eigenvalue weighted by Gasteiger charge is -2.38. The second-order valence-electron chi connectivity index (χ2n) is 8.07. The lowest BCUT2D eigenvalue weighted by Crippen LogP contribution is -2.27. The first-order valence-corrected chi connectivity index (χ1v) is 7.81. The summed E-state index contributed by atoms with van der Waals surface area (Å²) in [5.41, 5.74) is 1.24. The third kappa shape index (κ3) is 9.88. The molecule has 102 valence electrons. The molecule has 0 bridgehead atoms. The van der Waals surface area contributed by atoms with Crippen molar-refractivity contribution in [1.82, 2.24) is 0 Å². The van der Waals surface area contributed by atoms with Gasteiger partial charge in [0.25, 0.3) is 0 Å². The minimum atomic E-state index is 0.396. The molecular weight excluding hydrogens is 272 g/mol. The standard InChI is InChI=1S/C16H31Br/c1-14(2,3)12-16(6,7)13-15(4,5)10-8-9-11-17/h8-9H,10-13H2,1-7H3/b9-8+. The Balaban J connectivity index is 4.42. The van der Waals surface area contributed by atoms with E-state index in [-0.39, 0.29) is 0 Å². The molecule has 0 aromatic rings. The molecule has 0 N–H and O–H groups in total. The SMILES string of the molecule is CC(C)(C)CC(C)(C)CC(C)(C)C/C=C/CBr. The van der Waals surface area contributed by atoms with Crippen LogP contribution in [0.25, 0.3) is 0 Å². The fraction of sp³-hybridized carbons (Fsp3) is 0.875. The highest BCUT2D eigenvalue weighted by molar-refractivity contribution is 9.09. The smallest absolute Gasteiger partial charge is 0.0212 e. The Hall–Kier alpha value is 0.220. The predicted molar refractivity (Wildman–Crippen MR) is 83.8 cm³/mol. The molecule has 0 amide bonds. The highest BCUT2D eigenvalue weighted by atomic mass is 79.9. The molecular formula is C16H31Br.